The third-order valence-corrected chi connectivity index (χ3v) is 3.35. The zero-order valence-corrected chi connectivity index (χ0v) is 11.8. The maximum absolute atomic E-state index is 12.2. The molecule has 0 aliphatic carbocycles. The highest BCUT2D eigenvalue weighted by molar-refractivity contribution is 6.02. The summed E-state index contributed by atoms with van der Waals surface area (Å²) in [6, 6.07) is 0. The van der Waals surface area contributed by atoms with Crippen LogP contribution in [0.4, 0.5) is 5.69 Å². The van der Waals surface area contributed by atoms with Gasteiger partial charge in [-0.2, -0.15) is 0 Å². The molecule has 1 unspecified atom stereocenters. The topological polar surface area (TPSA) is 80.4 Å². The van der Waals surface area contributed by atoms with Crippen LogP contribution in [0.5, 0.6) is 0 Å². The average Bonchev–Trinajstić information content (AvgIpc) is 2.81. The largest absolute Gasteiger partial charge is 0.462 e. The van der Waals surface area contributed by atoms with Gasteiger partial charge in [0.05, 0.1) is 24.8 Å². The lowest BCUT2D eigenvalue weighted by molar-refractivity contribution is -0.123. The number of aromatic amines is 1. The molecular formula is C14H20N2O4. The fourth-order valence-electron chi connectivity index (χ4n) is 2.27. The van der Waals surface area contributed by atoms with Crippen molar-refractivity contribution in [3.8, 4) is 0 Å². The number of hydrogen-bond acceptors (Lipinski definition) is 4. The maximum Gasteiger partial charge on any atom is 0.342 e. The molecule has 1 atom stereocenters. The molecule has 6 nitrogen and oxygen atoms in total. The number of amides is 1. The van der Waals surface area contributed by atoms with Gasteiger partial charge in [0.25, 0.3) is 0 Å². The highest BCUT2D eigenvalue weighted by atomic mass is 16.5. The molecular weight excluding hydrogens is 260 g/mol. The van der Waals surface area contributed by atoms with E-state index >= 15 is 0 Å². The molecule has 0 saturated carbocycles. The summed E-state index contributed by atoms with van der Waals surface area (Å²) >= 11 is 0. The van der Waals surface area contributed by atoms with Crippen LogP contribution in [0.1, 0.15) is 35.8 Å². The minimum absolute atomic E-state index is 0.116. The lowest BCUT2D eigenvalue weighted by Gasteiger charge is -2.21. The van der Waals surface area contributed by atoms with Gasteiger partial charge in [-0.3, -0.25) is 4.79 Å². The van der Waals surface area contributed by atoms with Gasteiger partial charge in [0, 0.05) is 18.5 Å². The fourth-order valence-corrected chi connectivity index (χ4v) is 2.27. The van der Waals surface area contributed by atoms with E-state index in [4.69, 9.17) is 9.47 Å². The Hall–Kier alpha value is -1.82. The lowest BCUT2D eigenvalue weighted by atomic mass is 10.0. The Balaban J connectivity index is 2.09. The summed E-state index contributed by atoms with van der Waals surface area (Å²) in [6.07, 6.45) is 3.31. The molecule has 2 heterocycles. The molecule has 1 aromatic rings. The summed E-state index contributed by atoms with van der Waals surface area (Å²) in [7, 11) is 0. The molecule has 1 saturated heterocycles. The fraction of sp³-hybridized carbons (Fsp3) is 0.571. The highest BCUT2D eigenvalue weighted by Gasteiger charge is 2.25. The van der Waals surface area contributed by atoms with Crippen molar-refractivity contribution < 1.29 is 19.1 Å². The van der Waals surface area contributed by atoms with Gasteiger partial charge in [0.2, 0.25) is 5.91 Å². The molecule has 0 spiro atoms. The molecule has 6 heteroatoms. The first-order chi connectivity index (χ1) is 9.63. The quantitative estimate of drug-likeness (QED) is 0.825. The minimum Gasteiger partial charge on any atom is -0.462 e. The van der Waals surface area contributed by atoms with Crippen molar-refractivity contribution in [2.45, 2.75) is 26.7 Å². The van der Waals surface area contributed by atoms with Crippen LogP contribution < -0.4 is 5.32 Å². The lowest BCUT2D eigenvalue weighted by Crippen LogP contribution is -2.30. The molecule has 2 N–H and O–H groups in total. The van der Waals surface area contributed by atoms with E-state index in [9.17, 15) is 9.59 Å². The molecule has 1 fully saturated rings. The number of H-pyrrole nitrogens is 1. The second-order valence-corrected chi connectivity index (χ2v) is 4.83. The van der Waals surface area contributed by atoms with Gasteiger partial charge in [-0.25, -0.2) is 4.79 Å². The van der Waals surface area contributed by atoms with Crippen molar-refractivity contribution in [2.75, 3.05) is 25.1 Å². The highest BCUT2D eigenvalue weighted by Crippen LogP contribution is 2.22. The van der Waals surface area contributed by atoms with E-state index in [0.29, 0.717) is 36.8 Å². The normalized spacial score (nSPS) is 18.6. The van der Waals surface area contributed by atoms with Crippen LogP contribution in [0.15, 0.2) is 6.20 Å². The van der Waals surface area contributed by atoms with E-state index in [2.05, 4.69) is 10.3 Å². The van der Waals surface area contributed by atoms with Gasteiger partial charge < -0.3 is 19.8 Å². The number of aryl methyl sites for hydroxylation is 1. The number of aromatic nitrogens is 1. The number of carbonyl (C=O) groups is 2. The Morgan fingerprint density at radius 2 is 2.35 bits per heavy atom. The summed E-state index contributed by atoms with van der Waals surface area (Å²) in [4.78, 5) is 27.0. The smallest absolute Gasteiger partial charge is 0.342 e. The standard InChI is InChI=1S/C14H20N2O4/c1-3-20-14(18)12-9(2)15-7-11(12)16-13(17)10-5-4-6-19-8-10/h7,10,15H,3-6,8H2,1-2H3,(H,16,17). The van der Waals surface area contributed by atoms with E-state index in [0.717, 1.165) is 12.8 Å². The summed E-state index contributed by atoms with van der Waals surface area (Å²) in [5.41, 5.74) is 1.53. The number of anilines is 1. The molecule has 20 heavy (non-hydrogen) atoms. The average molecular weight is 280 g/mol. The van der Waals surface area contributed by atoms with E-state index < -0.39 is 5.97 Å². The van der Waals surface area contributed by atoms with Crippen molar-refractivity contribution in [3.05, 3.63) is 17.5 Å². The van der Waals surface area contributed by atoms with Crippen molar-refractivity contribution >= 4 is 17.6 Å². The zero-order chi connectivity index (χ0) is 14.5. The minimum atomic E-state index is -0.429. The first-order valence-corrected chi connectivity index (χ1v) is 6.87. The Kier molecular flexibility index (Phi) is 4.79. The Morgan fingerprint density at radius 3 is 3.00 bits per heavy atom. The number of nitrogens with one attached hydrogen (secondary N) is 2. The van der Waals surface area contributed by atoms with Crippen LogP contribution in [-0.4, -0.2) is 36.7 Å². The molecule has 1 aromatic heterocycles. The zero-order valence-electron chi connectivity index (χ0n) is 11.8. The van der Waals surface area contributed by atoms with Crippen LogP contribution >= 0.6 is 0 Å². The van der Waals surface area contributed by atoms with Crippen LogP contribution in [0.3, 0.4) is 0 Å². The maximum atomic E-state index is 12.2. The number of ether oxygens (including phenoxy) is 2. The summed E-state index contributed by atoms with van der Waals surface area (Å²) < 4.78 is 10.3. The molecule has 1 aliphatic heterocycles. The molecule has 0 radical (unpaired) electrons. The van der Waals surface area contributed by atoms with Crippen LogP contribution in [0, 0.1) is 12.8 Å². The first-order valence-electron chi connectivity index (χ1n) is 6.87. The number of rotatable bonds is 4. The van der Waals surface area contributed by atoms with Gasteiger partial charge in [0.15, 0.2) is 0 Å². The van der Waals surface area contributed by atoms with Crippen LogP contribution in [0.2, 0.25) is 0 Å². The summed E-state index contributed by atoms with van der Waals surface area (Å²) in [5, 5.41) is 2.79. The Labute approximate surface area is 117 Å². The molecule has 1 aliphatic rings. The van der Waals surface area contributed by atoms with Crippen molar-refractivity contribution in [1.82, 2.24) is 4.98 Å². The first kappa shape index (κ1) is 14.6. The summed E-state index contributed by atoms with van der Waals surface area (Å²) in [5.74, 6) is -0.704. The monoisotopic (exact) mass is 280 g/mol. The molecule has 2 rings (SSSR count). The van der Waals surface area contributed by atoms with Gasteiger partial charge in [0.1, 0.15) is 5.56 Å². The predicted molar refractivity (Wildman–Crippen MR) is 73.7 cm³/mol. The van der Waals surface area contributed by atoms with Gasteiger partial charge >= 0.3 is 5.97 Å². The van der Waals surface area contributed by atoms with Crippen LogP contribution in [0.25, 0.3) is 0 Å². The second kappa shape index (κ2) is 6.56. The Bertz CT molecular complexity index is 489. The number of carbonyl (C=O) groups excluding carboxylic acids is 2. The molecule has 0 aromatic carbocycles. The predicted octanol–water partition coefficient (Wildman–Crippen LogP) is 1.86. The van der Waals surface area contributed by atoms with E-state index in [1.165, 1.54) is 0 Å². The third-order valence-electron chi connectivity index (χ3n) is 3.35. The molecule has 0 bridgehead atoms. The second-order valence-electron chi connectivity index (χ2n) is 4.83. The van der Waals surface area contributed by atoms with Gasteiger partial charge in [-0.1, -0.05) is 0 Å². The third kappa shape index (κ3) is 3.19. The van der Waals surface area contributed by atoms with E-state index in [1.807, 2.05) is 0 Å². The van der Waals surface area contributed by atoms with E-state index in [-0.39, 0.29) is 11.8 Å². The van der Waals surface area contributed by atoms with E-state index in [1.54, 1.807) is 20.0 Å². The van der Waals surface area contributed by atoms with Gasteiger partial charge in [-0.05, 0) is 26.7 Å². The van der Waals surface area contributed by atoms with Crippen molar-refractivity contribution in [1.29, 1.82) is 0 Å². The SMILES string of the molecule is CCOC(=O)c1c(NC(=O)C2CCCOC2)c[nH]c1C. The Morgan fingerprint density at radius 1 is 1.55 bits per heavy atom. The van der Waals surface area contributed by atoms with Crippen molar-refractivity contribution in [3.63, 3.8) is 0 Å². The number of esters is 1. The molecule has 110 valence electrons. The molecule has 1 amide bonds. The van der Waals surface area contributed by atoms with Crippen molar-refractivity contribution in [2.24, 2.45) is 5.92 Å². The number of hydrogen-bond donors (Lipinski definition) is 2. The summed E-state index contributed by atoms with van der Waals surface area (Å²) in [6.45, 7) is 4.96. The van der Waals surface area contributed by atoms with Crippen LogP contribution in [-0.2, 0) is 14.3 Å². The van der Waals surface area contributed by atoms with Gasteiger partial charge in [-0.15, -0.1) is 0 Å².